The average molecular weight is 223 g/mol. The molecule has 0 heterocycles. The van der Waals surface area contributed by atoms with Crippen LogP contribution in [0.5, 0.6) is 0 Å². The molecular weight excluding hydrogens is 205 g/mol. The third-order valence-electron chi connectivity index (χ3n) is 2.25. The highest BCUT2D eigenvalue weighted by atomic mass is 32.5. The second kappa shape index (κ2) is 5.42. The Morgan fingerprint density at radius 2 is 2.08 bits per heavy atom. The molecule has 0 aromatic rings. The summed E-state index contributed by atoms with van der Waals surface area (Å²) in [7, 11) is 0. The standard InChI is InChI=1S/C8H18NO2PS/c1-2-11-12(10,13)9-8-6-4-3-5-7-8/h8H,2-7H2,1H3,(H2,9,10,13). The van der Waals surface area contributed by atoms with Crippen LogP contribution in [0.4, 0.5) is 0 Å². The highest BCUT2D eigenvalue weighted by Crippen LogP contribution is 2.39. The average Bonchev–Trinajstić information content (AvgIpc) is 2.04. The lowest BCUT2D eigenvalue weighted by atomic mass is 9.96. The Labute approximate surface area is 85.1 Å². The molecule has 1 fully saturated rings. The third-order valence-corrected chi connectivity index (χ3v) is 4.19. The normalized spacial score (nSPS) is 24.2. The molecule has 1 aliphatic carbocycles. The van der Waals surface area contributed by atoms with Gasteiger partial charge in [-0.15, -0.1) is 0 Å². The molecule has 1 aliphatic rings. The molecule has 78 valence electrons. The van der Waals surface area contributed by atoms with Crippen LogP contribution >= 0.6 is 6.64 Å². The first-order valence-electron chi connectivity index (χ1n) is 4.89. The van der Waals surface area contributed by atoms with E-state index >= 15 is 0 Å². The summed E-state index contributed by atoms with van der Waals surface area (Å²) in [5, 5.41) is 3.06. The van der Waals surface area contributed by atoms with E-state index in [0.29, 0.717) is 12.6 Å². The smallest absolute Gasteiger partial charge is 0.258 e. The van der Waals surface area contributed by atoms with Gasteiger partial charge in [0.1, 0.15) is 0 Å². The summed E-state index contributed by atoms with van der Waals surface area (Å²) in [6.07, 6.45) is 6.01. The summed E-state index contributed by atoms with van der Waals surface area (Å²) in [4.78, 5) is 9.66. The fourth-order valence-electron chi connectivity index (χ4n) is 1.67. The van der Waals surface area contributed by atoms with Gasteiger partial charge in [0.2, 0.25) is 0 Å². The molecule has 2 N–H and O–H groups in total. The monoisotopic (exact) mass is 223 g/mol. The summed E-state index contributed by atoms with van der Waals surface area (Å²) in [6, 6.07) is 0.371. The summed E-state index contributed by atoms with van der Waals surface area (Å²) >= 11 is 4.96. The highest BCUT2D eigenvalue weighted by molar-refractivity contribution is 8.08. The molecule has 0 aliphatic heterocycles. The molecule has 13 heavy (non-hydrogen) atoms. The molecule has 0 spiro atoms. The van der Waals surface area contributed by atoms with Crippen LogP contribution in [0.1, 0.15) is 39.0 Å². The lowest BCUT2D eigenvalue weighted by molar-refractivity contribution is 0.302. The summed E-state index contributed by atoms with van der Waals surface area (Å²) in [6.45, 7) is -0.351. The number of hydrogen-bond acceptors (Lipinski definition) is 2. The van der Waals surface area contributed by atoms with Gasteiger partial charge in [-0.3, -0.25) is 0 Å². The Morgan fingerprint density at radius 1 is 1.46 bits per heavy atom. The van der Waals surface area contributed by atoms with Gasteiger partial charge in [0.15, 0.2) is 0 Å². The summed E-state index contributed by atoms with van der Waals surface area (Å²) < 4.78 is 5.10. The molecule has 0 saturated heterocycles. The summed E-state index contributed by atoms with van der Waals surface area (Å²) in [5.41, 5.74) is 0. The molecule has 1 unspecified atom stereocenters. The maximum Gasteiger partial charge on any atom is 0.258 e. The molecule has 1 rings (SSSR count). The SMILES string of the molecule is CCOP(O)(=S)NC1CCCCC1. The largest absolute Gasteiger partial charge is 0.334 e. The van der Waals surface area contributed by atoms with Gasteiger partial charge in [0, 0.05) is 6.04 Å². The first-order chi connectivity index (χ1) is 6.14. The Hall–Kier alpha value is 0.530. The maximum absolute atomic E-state index is 9.66. The second-order valence-electron chi connectivity index (χ2n) is 3.40. The molecule has 1 saturated carbocycles. The highest BCUT2D eigenvalue weighted by Gasteiger charge is 2.20. The molecular formula is C8H18NO2PS. The Balaban J connectivity index is 2.32. The van der Waals surface area contributed by atoms with Crippen molar-refractivity contribution in [2.75, 3.05) is 6.61 Å². The molecule has 3 nitrogen and oxygen atoms in total. The molecule has 5 heteroatoms. The van der Waals surface area contributed by atoms with Crippen molar-refractivity contribution in [1.82, 2.24) is 5.09 Å². The lowest BCUT2D eigenvalue weighted by Gasteiger charge is -2.26. The molecule has 0 aromatic carbocycles. The zero-order valence-corrected chi connectivity index (χ0v) is 9.74. The van der Waals surface area contributed by atoms with Crippen LogP contribution in [-0.4, -0.2) is 17.5 Å². The van der Waals surface area contributed by atoms with Gasteiger partial charge in [0.05, 0.1) is 6.61 Å². The molecule has 0 aromatic heterocycles. The van der Waals surface area contributed by atoms with E-state index in [9.17, 15) is 4.89 Å². The number of hydrogen-bond donors (Lipinski definition) is 2. The fourth-order valence-corrected chi connectivity index (χ4v) is 3.58. The van der Waals surface area contributed by atoms with Crippen LogP contribution < -0.4 is 5.09 Å². The van der Waals surface area contributed by atoms with Crippen LogP contribution in [-0.2, 0) is 16.3 Å². The predicted octanol–water partition coefficient (Wildman–Crippen LogP) is 2.16. The minimum Gasteiger partial charge on any atom is -0.334 e. The minimum atomic E-state index is -2.68. The van der Waals surface area contributed by atoms with Crippen LogP contribution in [0.25, 0.3) is 0 Å². The van der Waals surface area contributed by atoms with E-state index in [4.69, 9.17) is 16.3 Å². The zero-order valence-electron chi connectivity index (χ0n) is 8.03. The van der Waals surface area contributed by atoms with Crippen LogP contribution in [0.3, 0.4) is 0 Å². The number of nitrogens with one attached hydrogen (secondary N) is 1. The predicted molar refractivity (Wildman–Crippen MR) is 58.1 cm³/mol. The Bertz CT molecular complexity index is 195. The topological polar surface area (TPSA) is 41.5 Å². The third kappa shape index (κ3) is 4.52. The van der Waals surface area contributed by atoms with Crippen molar-refractivity contribution in [1.29, 1.82) is 0 Å². The maximum atomic E-state index is 9.66. The van der Waals surface area contributed by atoms with Crippen molar-refractivity contribution in [3.8, 4) is 0 Å². The van der Waals surface area contributed by atoms with Gasteiger partial charge in [0.25, 0.3) is 6.64 Å². The quantitative estimate of drug-likeness (QED) is 0.717. The van der Waals surface area contributed by atoms with Crippen molar-refractivity contribution in [3.63, 3.8) is 0 Å². The van der Waals surface area contributed by atoms with E-state index in [1.807, 2.05) is 6.92 Å². The Morgan fingerprint density at radius 3 is 2.62 bits per heavy atom. The fraction of sp³-hybridized carbons (Fsp3) is 1.00. The first-order valence-corrected chi connectivity index (χ1v) is 7.56. The van der Waals surface area contributed by atoms with E-state index in [1.165, 1.54) is 19.3 Å². The van der Waals surface area contributed by atoms with Gasteiger partial charge in [-0.1, -0.05) is 19.3 Å². The van der Waals surface area contributed by atoms with Crippen LogP contribution in [0, 0.1) is 0 Å². The van der Waals surface area contributed by atoms with Crippen molar-refractivity contribution in [2.24, 2.45) is 0 Å². The van der Waals surface area contributed by atoms with Crippen LogP contribution in [0.15, 0.2) is 0 Å². The molecule has 1 atom stereocenters. The molecule has 0 radical (unpaired) electrons. The van der Waals surface area contributed by atoms with Gasteiger partial charge in [-0.05, 0) is 31.6 Å². The minimum absolute atomic E-state index is 0.371. The van der Waals surface area contributed by atoms with E-state index in [1.54, 1.807) is 0 Å². The van der Waals surface area contributed by atoms with E-state index in [-0.39, 0.29) is 0 Å². The lowest BCUT2D eigenvalue weighted by Crippen LogP contribution is -2.29. The molecule has 0 bridgehead atoms. The molecule has 0 amide bonds. The Kier molecular flexibility index (Phi) is 4.84. The number of rotatable bonds is 4. The first kappa shape index (κ1) is 11.6. The second-order valence-corrected chi connectivity index (χ2v) is 6.44. The van der Waals surface area contributed by atoms with Gasteiger partial charge >= 0.3 is 0 Å². The van der Waals surface area contributed by atoms with Crippen molar-refractivity contribution in [3.05, 3.63) is 0 Å². The van der Waals surface area contributed by atoms with E-state index in [0.717, 1.165) is 12.8 Å². The van der Waals surface area contributed by atoms with Crippen molar-refractivity contribution < 1.29 is 9.42 Å². The van der Waals surface area contributed by atoms with Gasteiger partial charge in [-0.2, -0.15) is 0 Å². The van der Waals surface area contributed by atoms with Crippen LogP contribution in [0.2, 0.25) is 0 Å². The van der Waals surface area contributed by atoms with Crippen molar-refractivity contribution >= 4 is 18.4 Å². The summed E-state index contributed by atoms with van der Waals surface area (Å²) in [5.74, 6) is 0. The van der Waals surface area contributed by atoms with E-state index in [2.05, 4.69) is 5.09 Å². The van der Waals surface area contributed by atoms with Gasteiger partial charge < -0.3 is 9.42 Å². The van der Waals surface area contributed by atoms with Gasteiger partial charge in [-0.25, -0.2) is 5.09 Å². The van der Waals surface area contributed by atoms with Crippen molar-refractivity contribution in [2.45, 2.75) is 45.1 Å². The van der Waals surface area contributed by atoms with E-state index < -0.39 is 6.64 Å². The zero-order chi connectivity index (χ0) is 9.73.